The first-order chi connectivity index (χ1) is 16.0. The average molecular weight is 454 g/mol. The van der Waals surface area contributed by atoms with Crippen molar-refractivity contribution in [2.24, 2.45) is 5.92 Å². The number of alkyl halides is 2. The van der Waals surface area contributed by atoms with E-state index < -0.39 is 12.6 Å². The summed E-state index contributed by atoms with van der Waals surface area (Å²) in [5.74, 6) is -0.387. The van der Waals surface area contributed by atoms with Crippen LogP contribution in [0.15, 0.2) is 67.0 Å². The average Bonchev–Trinajstić information content (AvgIpc) is 3.64. The lowest BCUT2D eigenvalue weighted by molar-refractivity contribution is -0.0515. The van der Waals surface area contributed by atoms with E-state index in [-0.39, 0.29) is 17.1 Å². The molecule has 1 aliphatic rings. The Hall–Kier alpha value is -3.68. The van der Waals surface area contributed by atoms with Gasteiger partial charge in [-0.3, -0.25) is 4.98 Å². The zero-order valence-electron chi connectivity index (χ0n) is 17.9. The van der Waals surface area contributed by atoms with E-state index in [0.717, 1.165) is 18.4 Å². The highest BCUT2D eigenvalue weighted by Crippen LogP contribution is 2.38. The number of carboxylic acid groups (broad SMARTS) is 1. The van der Waals surface area contributed by atoms with Crippen LogP contribution in [0.1, 0.15) is 28.8 Å². The molecule has 0 bridgehead atoms. The fourth-order valence-electron chi connectivity index (χ4n) is 3.46. The number of aromatic carboxylic acids is 1. The van der Waals surface area contributed by atoms with Gasteiger partial charge in [0, 0.05) is 36.4 Å². The van der Waals surface area contributed by atoms with Crippen LogP contribution in [0.25, 0.3) is 0 Å². The first-order valence-electron chi connectivity index (χ1n) is 10.7. The van der Waals surface area contributed by atoms with Gasteiger partial charge in [0.25, 0.3) is 0 Å². The third-order valence-electron chi connectivity index (χ3n) is 5.38. The number of ether oxygens (including phenoxy) is 2. The van der Waals surface area contributed by atoms with Crippen LogP contribution in [0, 0.1) is 5.92 Å². The Morgan fingerprint density at radius 3 is 2.61 bits per heavy atom. The van der Waals surface area contributed by atoms with Gasteiger partial charge in [-0.15, -0.1) is 0 Å². The molecule has 8 heteroatoms. The normalized spacial score (nSPS) is 13.1. The minimum absolute atomic E-state index is 0.0269. The summed E-state index contributed by atoms with van der Waals surface area (Å²) < 4.78 is 36.3. The summed E-state index contributed by atoms with van der Waals surface area (Å²) in [7, 11) is 0. The largest absolute Gasteiger partial charge is 0.489 e. The van der Waals surface area contributed by atoms with Crippen molar-refractivity contribution in [3.05, 3.63) is 78.1 Å². The first-order valence-corrected chi connectivity index (χ1v) is 10.7. The van der Waals surface area contributed by atoms with Crippen molar-refractivity contribution in [3.63, 3.8) is 0 Å². The molecule has 0 saturated heterocycles. The van der Waals surface area contributed by atoms with E-state index in [1.54, 1.807) is 36.7 Å². The van der Waals surface area contributed by atoms with Crippen LogP contribution in [-0.2, 0) is 6.42 Å². The summed E-state index contributed by atoms with van der Waals surface area (Å²) in [5, 5.41) is 9.43. The number of rotatable bonds is 11. The van der Waals surface area contributed by atoms with Gasteiger partial charge in [-0.05, 0) is 67.1 Å². The Morgan fingerprint density at radius 1 is 1.09 bits per heavy atom. The summed E-state index contributed by atoms with van der Waals surface area (Å²) in [6.07, 6.45) is 6.23. The van der Waals surface area contributed by atoms with Crippen LogP contribution >= 0.6 is 0 Å². The van der Waals surface area contributed by atoms with Crippen molar-refractivity contribution < 1.29 is 28.2 Å². The van der Waals surface area contributed by atoms with Crippen LogP contribution < -0.4 is 14.4 Å². The van der Waals surface area contributed by atoms with Crippen molar-refractivity contribution >= 4 is 17.3 Å². The standard InChI is InChI=1S/C25H24F2N2O4/c26-25(27)33-22-9-8-21(14-23(22)32-16-18-6-7-18)29(12-10-17-3-2-11-28-15-17)20-5-1-4-19(13-20)24(30)31/h1-5,8-9,11,13-15,18,25H,6-7,10,12,16H2,(H,30,31). The van der Waals surface area contributed by atoms with Crippen LogP contribution in [0.3, 0.4) is 0 Å². The smallest absolute Gasteiger partial charge is 0.387 e. The quantitative estimate of drug-likeness (QED) is 0.410. The minimum Gasteiger partial charge on any atom is -0.489 e. The predicted octanol–water partition coefficient (Wildman–Crippen LogP) is 5.55. The van der Waals surface area contributed by atoms with Gasteiger partial charge in [-0.25, -0.2) is 4.79 Å². The molecule has 3 aromatic rings. The minimum atomic E-state index is -2.96. The van der Waals surface area contributed by atoms with Crippen molar-refractivity contribution in [2.75, 3.05) is 18.1 Å². The van der Waals surface area contributed by atoms with Crippen molar-refractivity contribution in [2.45, 2.75) is 25.9 Å². The van der Waals surface area contributed by atoms with Crippen molar-refractivity contribution in [1.29, 1.82) is 0 Å². The summed E-state index contributed by atoms with van der Waals surface area (Å²) >= 11 is 0. The second-order valence-corrected chi connectivity index (χ2v) is 7.88. The van der Waals surface area contributed by atoms with Gasteiger partial charge in [0.15, 0.2) is 11.5 Å². The van der Waals surface area contributed by atoms with Gasteiger partial charge < -0.3 is 19.5 Å². The van der Waals surface area contributed by atoms with Crippen LogP contribution in [0.2, 0.25) is 0 Å². The van der Waals surface area contributed by atoms with Crippen molar-refractivity contribution in [3.8, 4) is 11.5 Å². The molecule has 1 aromatic heterocycles. The highest BCUT2D eigenvalue weighted by atomic mass is 19.3. The predicted molar refractivity (Wildman–Crippen MR) is 120 cm³/mol. The Kier molecular flexibility index (Phi) is 7.02. The van der Waals surface area contributed by atoms with Crippen LogP contribution in [-0.4, -0.2) is 35.8 Å². The zero-order valence-corrected chi connectivity index (χ0v) is 17.9. The van der Waals surface area contributed by atoms with E-state index in [0.29, 0.717) is 36.9 Å². The summed E-state index contributed by atoms with van der Waals surface area (Å²) in [4.78, 5) is 17.6. The molecule has 0 spiro atoms. The summed E-state index contributed by atoms with van der Waals surface area (Å²) in [5.41, 5.74) is 2.50. The summed E-state index contributed by atoms with van der Waals surface area (Å²) in [6, 6.07) is 15.2. The first kappa shape index (κ1) is 22.5. The third kappa shape index (κ3) is 6.19. The van der Waals surface area contributed by atoms with Gasteiger partial charge in [0.05, 0.1) is 12.2 Å². The number of benzene rings is 2. The summed E-state index contributed by atoms with van der Waals surface area (Å²) in [6.45, 7) is -2.02. The molecule has 4 rings (SSSR count). The molecule has 1 fully saturated rings. The number of anilines is 2. The molecular weight excluding hydrogens is 430 g/mol. The lowest BCUT2D eigenvalue weighted by Crippen LogP contribution is -2.21. The van der Waals surface area contributed by atoms with Gasteiger partial charge >= 0.3 is 12.6 Å². The number of aromatic nitrogens is 1. The number of halogens is 2. The lowest BCUT2D eigenvalue weighted by Gasteiger charge is -2.26. The number of carboxylic acids is 1. The molecular formula is C25H24F2N2O4. The third-order valence-corrected chi connectivity index (χ3v) is 5.38. The molecule has 0 radical (unpaired) electrons. The van der Waals surface area contributed by atoms with E-state index in [4.69, 9.17) is 4.74 Å². The number of nitrogens with zero attached hydrogens (tertiary/aromatic N) is 2. The molecule has 0 aliphatic heterocycles. The molecule has 1 aliphatic carbocycles. The Bertz CT molecular complexity index is 1090. The second-order valence-electron chi connectivity index (χ2n) is 7.88. The maximum absolute atomic E-state index is 12.9. The van der Waals surface area contributed by atoms with Gasteiger partial charge in [0.1, 0.15) is 0 Å². The van der Waals surface area contributed by atoms with Crippen LogP contribution in [0.4, 0.5) is 20.2 Å². The molecule has 1 saturated carbocycles. The van der Waals surface area contributed by atoms with Crippen LogP contribution in [0.5, 0.6) is 11.5 Å². The number of pyridine rings is 1. The number of hydrogen-bond donors (Lipinski definition) is 1. The number of hydrogen-bond acceptors (Lipinski definition) is 5. The van der Waals surface area contributed by atoms with E-state index in [2.05, 4.69) is 9.72 Å². The van der Waals surface area contributed by atoms with Gasteiger partial charge in [0.2, 0.25) is 0 Å². The second kappa shape index (κ2) is 10.3. The molecule has 172 valence electrons. The van der Waals surface area contributed by atoms with E-state index >= 15 is 0 Å². The number of carbonyl (C=O) groups is 1. The van der Waals surface area contributed by atoms with Gasteiger partial charge in [-0.2, -0.15) is 8.78 Å². The Balaban J connectivity index is 1.67. The zero-order chi connectivity index (χ0) is 23.2. The fourth-order valence-corrected chi connectivity index (χ4v) is 3.46. The molecule has 6 nitrogen and oxygen atoms in total. The molecule has 2 aromatic carbocycles. The molecule has 33 heavy (non-hydrogen) atoms. The fraction of sp³-hybridized carbons (Fsp3) is 0.280. The van der Waals surface area contributed by atoms with Gasteiger partial charge in [-0.1, -0.05) is 12.1 Å². The topological polar surface area (TPSA) is 71.9 Å². The molecule has 0 amide bonds. The SMILES string of the molecule is O=C(O)c1cccc(N(CCc2cccnc2)c2ccc(OC(F)F)c(OCC3CC3)c2)c1. The molecule has 1 N–H and O–H groups in total. The maximum Gasteiger partial charge on any atom is 0.387 e. The highest BCUT2D eigenvalue weighted by molar-refractivity contribution is 5.89. The molecule has 0 atom stereocenters. The lowest BCUT2D eigenvalue weighted by atomic mass is 10.1. The van der Waals surface area contributed by atoms with E-state index in [9.17, 15) is 18.7 Å². The van der Waals surface area contributed by atoms with Crippen molar-refractivity contribution in [1.82, 2.24) is 4.98 Å². The molecule has 0 unspecified atom stereocenters. The Labute approximate surface area is 190 Å². The highest BCUT2D eigenvalue weighted by Gasteiger charge is 2.24. The Morgan fingerprint density at radius 2 is 1.91 bits per heavy atom. The molecule has 1 heterocycles. The maximum atomic E-state index is 12.9. The van der Waals surface area contributed by atoms with E-state index in [1.807, 2.05) is 23.1 Å². The monoisotopic (exact) mass is 454 g/mol. The van der Waals surface area contributed by atoms with E-state index in [1.165, 1.54) is 12.1 Å².